The second kappa shape index (κ2) is 4.63. The Balaban J connectivity index is 2.78. The summed E-state index contributed by atoms with van der Waals surface area (Å²) in [6, 6.07) is 7.09. The molecular formula is C10H14O4S. The Kier molecular flexibility index (Phi) is 3.71. The Morgan fingerprint density at radius 3 is 2.27 bits per heavy atom. The van der Waals surface area contributed by atoms with Crippen LogP contribution in [0, 0.1) is 0 Å². The molecule has 0 radical (unpaired) electrons. The average Bonchev–Trinajstić information content (AvgIpc) is 2.15. The van der Waals surface area contributed by atoms with E-state index in [1.54, 1.807) is 38.3 Å². The van der Waals surface area contributed by atoms with Crippen molar-refractivity contribution in [3.05, 3.63) is 29.8 Å². The van der Waals surface area contributed by atoms with Crippen LogP contribution in [-0.2, 0) is 10.1 Å². The lowest BCUT2D eigenvalue weighted by atomic mass is 10.0. The highest BCUT2D eigenvalue weighted by molar-refractivity contribution is 7.85. The van der Waals surface area contributed by atoms with Crippen LogP contribution in [0.4, 0.5) is 0 Å². The van der Waals surface area contributed by atoms with E-state index in [9.17, 15) is 8.42 Å². The molecule has 0 bridgehead atoms. The van der Waals surface area contributed by atoms with E-state index in [1.165, 1.54) is 0 Å². The first kappa shape index (κ1) is 12.0. The van der Waals surface area contributed by atoms with Gasteiger partial charge in [-0.15, -0.1) is 0 Å². The zero-order valence-electron chi connectivity index (χ0n) is 8.67. The highest BCUT2D eigenvalue weighted by atomic mass is 32.2. The van der Waals surface area contributed by atoms with Gasteiger partial charge in [0.1, 0.15) is 5.75 Å². The molecule has 84 valence electrons. The third-order valence-electron chi connectivity index (χ3n) is 2.15. The topological polar surface area (TPSA) is 63.6 Å². The Hall–Kier alpha value is -1.07. The Morgan fingerprint density at radius 1 is 1.33 bits per heavy atom. The molecule has 0 saturated carbocycles. The fourth-order valence-electron chi connectivity index (χ4n) is 1.34. The van der Waals surface area contributed by atoms with E-state index >= 15 is 0 Å². The van der Waals surface area contributed by atoms with E-state index in [2.05, 4.69) is 0 Å². The Morgan fingerprint density at radius 2 is 1.87 bits per heavy atom. The van der Waals surface area contributed by atoms with Crippen molar-refractivity contribution in [3.63, 3.8) is 0 Å². The summed E-state index contributed by atoms with van der Waals surface area (Å²) in [6.07, 6.45) is 0. The van der Waals surface area contributed by atoms with Crippen molar-refractivity contribution in [3.8, 4) is 5.75 Å². The highest BCUT2D eigenvalue weighted by Crippen LogP contribution is 2.20. The molecule has 0 fully saturated rings. The molecule has 1 unspecified atom stereocenters. The lowest BCUT2D eigenvalue weighted by molar-refractivity contribution is 0.414. The monoisotopic (exact) mass is 230 g/mol. The van der Waals surface area contributed by atoms with Crippen molar-refractivity contribution in [2.75, 3.05) is 12.9 Å². The van der Waals surface area contributed by atoms with Crippen LogP contribution in [0.15, 0.2) is 24.3 Å². The molecule has 0 aliphatic rings. The van der Waals surface area contributed by atoms with Gasteiger partial charge < -0.3 is 4.74 Å². The highest BCUT2D eigenvalue weighted by Gasteiger charge is 2.13. The molecule has 0 heterocycles. The molecule has 15 heavy (non-hydrogen) atoms. The summed E-state index contributed by atoms with van der Waals surface area (Å²) in [7, 11) is -2.35. The molecule has 1 aromatic rings. The van der Waals surface area contributed by atoms with Crippen LogP contribution < -0.4 is 4.74 Å². The van der Waals surface area contributed by atoms with Gasteiger partial charge in [-0.25, -0.2) is 0 Å². The summed E-state index contributed by atoms with van der Waals surface area (Å²) >= 11 is 0. The molecule has 0 saturated heterocycles. The third kappa shape index (κ3) is 3.89. The number of hydrogen-bond donors (Lipinski definition) is 1. The molecule has 0 aliphatic heterocycles. The van der Waals surface area contributed by atoms with E-state index in [0.717, 1.165) is 11.3 Å². The molecule has 1 rings (SSSR count). The fourth-order valence-corrected chi connectivity index (χ4v) is 2.17. The van der Waals surface area contributed by atoms with Gasteiger partial charge in [-0.1, -0.05) is 19.1 Å². The molecule has 4 nitrogen and oxygen atoms in total. The number of rotatable bonds is 4. The van der Waals surface area contributed by atoms with Crippen LogP contribution in [0.5, 0.6) is 5.75 Å². The predicted molar refractivity (Wildman–Crippen MR) is 57.8 cm³/mol. The molecule has 1 N–H and O–H groups in total. The van der Waals surface area contributed by atoms with Gasteiger partial charge in [0.25, 0.3) is 10.1 Å². The molecule has 0 amide bonds. The van der Waals surface area contributed by atoms with Crippen molar-refractivity contribution in [1.29, 1.82) is 0 Å². The number of ether oxygens (including phenoxy) is 1. The van der Waals surface area contributed by atoms with Crippen LogP contribution in [0.25, 0.3) is 0 Å². The lowest BCUT2D eigenvalue weighted by Crippen LogP contribution is -2.11. The first-order valence-electron chi connectivity index (χ1n) is 4.51. The van der Waals surface area contributed by atoms with Gasteiger partial charge in [0.2, 0.25) is 0 Å². The normalized spacial score (nSPS) is 13.5. The van der Waals surface area contributed by atoms with E-state index < -0.39 is 10.1 Å². The van der Waals surface area contributed by atoms with E-state index in [0.29, 0.717) is 0 Å². The first-order chi connectivity index (χ1) is 6.92. The molecular weight excluding hydrogens is 216 g/mol. The van der Waals surface area contributed by atoms with Crippen molar-refractivity contribution in [2.45, 2.75) is 12.8 Å². The Labute approximate surface area is 89.6 Å². The van der Waals surface area contributed by atoms with Crippen molar-refractivity contribution in [1.82, 2.24) is 0 Å². The van der Waals surface area contributed by atoms with Crippen molar-refractivity contribution >= 4 is 10.1 Å². The van der Waals surface area contributed by atoms with Gasteiger partial charge >= 0.3 is 0 Å². The summed E-state index contributed by atoms with van der Waals surface area (Å²) in [5, 5.41) is 0. The second-order valence-corrected chi connectivity index (χ2v) is 4.92. The van der Waals surface area contributed by atoms with Crippen LogP contribution in [0.1, 0.15) is 18.4 Å². The molecule has 0 aromatic heterocycles. The maximum atomic E-state index is 10.7. The molecule has 0 aliphatic carbocycles. The van der Waals surface area contributed by atoms with Gasteiger partial charge in [-0.05, 0) is 23.6 Å². The van der Waals surface area contributed by atoms with Gasteiger partial charge in [-0.2, -0.15) is 8.42 Å². The van der Waals surface area contributed by atoms with E-state index in [-0.39, 0.29) is 11.7 Å². The Bertz CT molecular complexity index is 408. The molecule has 1 atom stereocenters. The lowest BCUT2D eigenvalue weighted by Gasteiger charge is -2.10. The van der Waals surface area contributed by atoms with Crippen molar-refractivity contribution in [2.24, 2.45) is 0 Å². The number of benzene rings is 1. The predicted octanol–water partition coefficient (Wildman–Crippen LogP) is 1.69. The van der Waals surface area contributed by atoms with Crippen molar-refractivity contribution < 1.29 is 17.7 Å². The minimum atomic E-state index is -3.92. The molecule has 5 heteroatoms. The summed E-state index contributed by atoms with van der Waals surface area (Å²) in [4.78, 5) is 0. The maximum Gasteiger partial charge on any atom is 0.265 e. The minimum Gasteiger partial charge on any atom is -0.497 e. The second-order valence-electron chi connectivity index (χ2n) is 3.42. The summed E-state index contributed by atoms with van der Waals surface area (Å²) in [5.41, 5.74) is 0.855. The van der Waals surface area contributed by atoms with Gasteiger partial charge in [0.05, 0.1) is 12.9 Å². The zero-order chi connectivity index (χ0) is 11.5. The van der Waals surface area contributed by atoms with E-state index in [1.807, 2.05) is 0 Å². The van der Waals surface area contributed by atoms with E-state index in [4.69, 9.17) is 9.29 Å². The zero-order valence-corrected chi connectivity index (χ0v) is 9.49. The SMILES string of the molecule is COc1ccc(C(C)CS(=O)(=O)O)cc1. The van der Waals surface area contributed by atoms with Gasteiger partial charge in [-0.3, -0.25) is 4.55 Å². The van der Waals surface area contributed by atoms with Crippen LogP contribution in [0.3, 0.4) is 0 Å². The number of hydrogen-bond acceptors (Lipinski definition) is 3. The quantitative estimate of drug-likeness (QED) is 0.799. The summed E-state index contributed by atoms with van der Waals surface area (Å²) in [6.45, 7) is 1.75. The average molecular weight is 230 g/mol. The van der Waals surface area contributed by atoms with Crippen LogP contribution >= 0.6 is 0 Å². The molecule has 0 spiro atoms. The summed E-state index contributed by atoms with van der Waals surface area (Å²) < 4.78 is 35.0. The third-order valence-corrected chi connectivity index (χ3v) is 3.07. The van der Waals surface area contributed by atoms with Crippen LogP contribution in [-0.4, -0.2) is 25.8 Å². The smallest absolute Gasteiger partial charge is 0.265 e. The summed E-state index contributed by atoms with van der Waals surface area (Å²) in [5.74, 6) is 0.225. The minimum absolute atomic E-state index is 0.231. The molecule has 1 aromatic carbocycles. The fraction of sp³-hybridized carbons (Fsp3) is 0.400. The number of methoxy groups -OCH3 is 1. The largest absolute Gasteiger partial charge is 0.497 e. The standard InChI is InChI=1S/C10H14O4S/c1-8(7-15(11,12)13)9-3-5-10(14-2)6-4-9/h3-6,8H,7H2,1-2H3,(H,11,12,13). The first-order valence-corrected chi connectivity index (χ1v) is 6.12. The van der Waals surface area contributed by atoms with Crippen LogP contribution in [0.2, 0.25) is 0 Å². The maximum absolute atomic E-state index is 10.7. The van der Waals surface area contributed by atoms with Gasteiger partial charge in [0.15, 0.2) is 0 Å². The van der Waals surface area contributed by atoms with Gasteiger partial charge in [0, 0.05) is 0 Å².